The highest BCUT2D eigenvalue weighted by Gasteiger charge is 2.18. The second-order valence-corrected chi connectivity index (χ2v) is 7.19. The van der Waals surface area contributed by atoms with E-state index in [4.69, 9.17) is 0 Å². The average molecular weight is 431 g/mol. The van der Waals surface area contributed by atoms with E-state index in [1.54, 1.807) is 17.8 Å². The summed E-state index contributed by atoms with van der Waals surface area (Å²) >= 11 is 3.39. The molecule has 9 heteroatoms. The SMILES string of the molecule is C=C(C)Cn1c(N/N=C/c2ccc(Br)cc2)nc2c1c(=O)n(C)c(=O)n2C. The minimum absolute atomic E-state index is 0.297. The fourth-order valence-electron chi connectivity index (χ4n) is 2.67. The highest BCUT2D eigenvalue weighted by molar-refractivity contribution is 9.10. The molecule has 0 fully saturated rings. The highest BCUT2D eigenvalue weighted by atomic mass is 79.9. The topological polar surface area (TPSA) is 86.2 Å². The molecule has 0 spiro atoms. The number of benzene rings is 1. The summed E-state index contributed by atoms with van der Waals surface area (Å²) in [4.78, 5) is 29.2. The van der Waals surface area contributed by atoms with Crippen LogP contribution >= 0.6 is 15.9 Å². The number of anilines is 1. The second kappa shape index (κ2) is 7.36. The van der Waals surface area contributed by atoms with Crippen LogP contribution in [0.4, 0.5) is 5.95 Å². The molecule has 0 unspecified atom stereocenters. The number of hydrogen-bond acceptors (Lipinski definition) is 5. The maximum atomic E-state index is 12.6. The summed E-state index contributed by atoms with van der Waals surface area (Å²) < 4.78 is 5.06. The standard InChI is InChI=1S/C18H19BrN6O2/c1-11(2)10-25-14-15(23(3)18(27)24(4)16(14)26)21-17(25)22-20-9-12-5-7-13(19)8-6-12/h5-9H,1,10H2,2-4H3,(H,21,22)/b20-9+. The molecule has 0 saturated carbocycles. The minimum Gasteiger partial charge on any atom is -0.299 e. The van der Waals surface area contributed by atoms with Crippen molar-refractivity contribution in [2.75, 3.05) is 5.43 Å². The summed E-state index contributed by atoms with van der Waals surface area (Å²) in [5, 5.41) is 4.21. The lowest BCUT2D eigenvalue weighted by Gasteiger charge is -2.08. The molecule has 0 atom stereocenters. The molecular weight excluding hydrogens is 412 g/mol. The number of rotatable bonds is 5. The van der Waals surface area contributed by atoms with Crippen LogP contribution in [0.15, 0.2) is 55.6 Å². The summed E-state index contributed by atoms with van der Waals surface area (Å²) in [6, 6.07) is 7.64. The van der Waals surface area contributed by atoms with Crippen LogP contribution in [0.5, 0.6) is 0 Å². The van der Waals surface area contributed by atoms with E-state index in [0.29, 0.717) is 23.7 Å². The molecule has 0 aliphatic heterocycles. The Hall–Kier alpha value is -2.94. The Morgan fingerprint density at radius 2 is 1.93 bits per heavy atom. The molecule has 140 valence electrons. The number of halogens is 1. The fourth-order valence-corrected chi connectivity index (χ4v) is 2.93. The van der Waals surface area contributed by atoms with Gasteiger partial charge < -0.3 is 0 Å². The van der Waals surface area contributed by atoms with Gasteiger partial charge in [0.2, 0.25) is 5.95 Å². The van der Waals surface area contributed by atoms with Crippen molar-refractivity contribution < 1.29 is 0 Å². The molecule has 8 nitrogen and oxygen atoms in total. The van der Waals surface area contributed by atoms with Gasteiger partial charge >= 0.3 is 5.69 Å². The van der Waals surface area contributed by atoms with Gasteiger partial charge in [-0.2, -0.15) is 10.1 Å². The van der Waals surface area contributed by atoms with E-state index < -0.39 is 11.2 Å². The van der Waals surface area contributed by atoms with Crippen molar-refractivity contribution >= 4 is 39.3 Å². The van der Waals surface area contributed by atoms with Crippen LogP contribution in [0.25, 0.3) is 11.2 Å². The first-order valence-electron chi connectivity index (χ1n) is 8.15. The minimum atomic E-state index is -0.433. The largest absolute Gasteiger partial charge is 0.332 e. The van der Waals surface area contributed by atoms with Gasteiger partial charge in [0.25, 0.3) is 5.56 Å². The van der Waals surface area contributed by atoms with Crippen LogP contribution in [0.1, 0.15) is 12.5 Å². The molecular formula is C18H19BrN6O2. The van der Waals surface area contributed by atoms with Crippen molar-refractivity contribution in [2.45, 2.75) is 13.5 Å². The second-order valence-electron chi connectivity index (χ2n) is 6.28. The number of imidazole rings is 1. The van der Waals surface area contributed by atoms with E-state index in [1.165, 1.54) is 11.6 Å². The van der Waals surface area contributed by atoms with E-state index in [0.717, 1.165) is 20.2 Å². The molecule has 2 aromatic heterocycles. The molecule has 0 aliphatic carbocycles. The number of hydrogen-bond donors (Lipinski definition) is 1. The van der Waals surface area contributed by atoms with Gasteiger partial charge in [0.1, 0.15) is 0 Å². The molecule has 27 heavy (non-hydrogen) atoms. The Kier molecular flexibility index (Phi) is 5.13. The quantitative estimate of drug-likeness (QED) is 0.381. The van der Waals surface area contributed by atoms with Gasteiger partial charge in [-0.1, -0.05) is 40.2 Å². The third-order valence-corrected chi connectivity index (χ3v) is 4.55. The summed E-state index contributed by atoms with van der Waals surface area (Å²) in [6.07, 6.45) is 1.65. The number of aryl methyl sites for hydroxylation is 1. The Bertz CT molecular complexity index is 1170. The first-order valence-corrected chi connectivity index (χ1v) is 8.94. The van der Waals surface area contributed by atoms with E-state index in [9.17, 15) is 9.59 Å². The van der Waals surface area contributed by atoms with Gasteiger partial charge in [-0.15, -0.1) is 0 Å². The zero-order valence-electron chi connectivity index (χ0n) is 15.2. The monoisotopic (exact) mass is 430 g/mol. The first-order chi connectivity index (χ1) is 12.8. The lowest BCUT2D eigenvalue weighted by Crippen LogP contribution is -2.37. The molecule has 0 radical (unpaired) electrons. The number of fused-ring (bicyclic) bond motifs is 1. The van der Waals surface area contributed by atoms with Gasteiger partial charge in [-0.3, -0.25) is 18.5 Å². The van der Waals surface area contributed by atoms with E-state index in [2.05, 4.69) is 38.0 Å². The third kappa shape index (κ3) is 3.63. The first kappa shape index (κ1) is 18.8. The summed E-state index contributed by atoms with van der Waals surface area (Å²) in [7, 11) is 3.03. The zero-order valence-corrected chi connectivity index (χ0v) is 16.8. The van der Waals surface area contributed by atoms with Crippen molar-refractivity contribution in [3.8, 4) is 0 Å². The summed E-state index contributed by atoms with van der Waals surface area (Å²) in [5.74, 6) is 0.361. The molecule has 1 N–H and O–H groups in total. The fraction of sp³-hybridized carbons (Fsp3) is 0.222. The summed E-state index contributed by atoms with van der Waals surface area (Å²) in [5.41, 5.74) is 4.38. The van der Waals surface area contributed by atoms with Crippen LogP contribution in [0.2, 0.25) is 0 Å². The molecule has 0 aliphatic rings. The number of nitrogens with one attached hydrogen (secondary N) is 1. The van der Waals surface area contributed by atoms with Crippen molar-refractivity contribution in [1.29, 1.82) is 0 Å². The zero-order chi connectivity index (χ0) is 19.7. The number of hydrazone groups is 1. The van der Waals surface area contributed by atoms with E-state index in [1.807, 2.05) is 31.2 Å². The molecule has 0 amide bonds. The predicted molar refractivity (Wildman–Crippen MR) is 110 cm³/mol. The van der Waals surface area contributed by atoms with Crippen molar-refractivity contribution in [1.82, 2.24) is 18.7 Å². The third-order valence-electron chi connectivity index (χ3n) is 4.02. The molecule has 0 saturated heterocycles. The van der Waals surface area contributed by atoms with Crippen molar-refractivity contribution in [2.24, 2.45) is 19.2 Å². The Labute approximate surface area is 163 Å². The molecule has 2 heterocycles. The normalized spacial score (nSPS) is 11.4. The molecule has 1 aromatic carbocycles. The lowest BCUT2D eigenvalue weighted by molar-refractivity contribution is 0.702. The van der Waals surface area contributed by atoms with Crippen LogP contribution in [-0.2, 0) is 20.6 Å². The van der Waals surface area contributed by atoms with Gasteiger partial charge in [0.15, 0.2) is 11.2 Å². The maximum Gasteiger partial charge on any atom is 0.332 e. The van der Waals surface area contributed by atoms with Gasteiger partial charge in [0.05, 0.1) is 6.21 Å². The summed E-state index contributed by atoms with van der Waals surface area (Å²) in [6.45, 7) is 6.14. The molecule has 0 bridgehead atoms. The average Bonchev–Trinajstić information content (AvgIpc) is 2.98. The Balaban J connectivity index is 2.09. The van der Waals surface area contributed by atoms with Gasteiger partial charge in [0, 0.05) is 25.1 Å². The smallest absolute Gasteiger partial charge is 0.299 e. The van der Waals surface area contributed by atoms with Crippen LogP contribution in [0, 0.1) is 0 Å². The van der Waals surface area contributed by atoms with Crippen LogP contribution < -0.4 is 16.7 Å². The van der Waals surface area contributed by atoms with Crippen LogP contribution in [-0.4, -0.2) is 24.9 Å². The lowest BCUT2D eigenvalue weighted by atomic mass is 10.2. The molecule has 3 aromatic rings. The number of nitrogens with zero attached hydrogens (tertiary/aromatic N) is 5. The highest BCUT2D eigenvalue weighted by Crippen LogP contribution is 2.17. The number of aromatic nitrogens is 4. The van der Waals surface area contributed by atoms with Crippen molar-refractivity contribution in [3.05, 3.63) is 67.3 Å². The Morgan fingerprint density at radius 3 is 2.56 bits per heavy atom. The van der Waals surface area contributed by atoms with E-state index in [-0.39, 0.29) is 0 Å². The van der Waals surface area contributed by atoms with E-state index >= 15 is 0 Å². The number of allylic oxidation sites excluding steroid dienone is 1. The van der Waals surface area contributed by atoms with Gasteiger partial charge in [-0.05, 0) is 24.6 Å². The Morgan fingerprint density at radius 1 is 1.26 bits per heavy atom. The van der Waals surface area contributed by atoms with Crippen LogP contribution in [0.3, 0.4) is 0 Å². The predicted octanol–water partition coefficient (Wildman–Crippen LogP) is 2.22. The van der Waals surface area contributed by atoms with Crippen molar-refractivity contribution in [3.63, 3.8) is 0 Å². The molecule has 3 rings (SSSR count). The van der Waals surface area contributed by atoms with Gasteiger partial charge in [-0.25, -0.2) is 10.2 Å². The maximum absolute atomic E-state index is 12.6.